The van der Waals surface area contributed by atoms with E-state index in [-0.39, 0.29) is 31.1 Å². The van der Waals surface area contributed by atoms with Crippen LogP contribution in [0, 0.1) is 0 Å². The van der Waals surface area contributed by atoms with Gasteiger partial charge in [0, 0.05) is 19.3 Å². The van der Waals surface area contributed by atoms with Crippen LogP contribution in [0.4, 0.5) is 0 Å². The molecule has 0 aliphatic rings. The van der Waals surface area contributed by atoms with Crippen molar-refractivity contribution in [2.45, 2.75) is 354 Å². The number of hydrogen-bond donors (Lipinski definition) is 0. The van der Waals surface area contributed by atoms with Crippen molar-refractivity contribution in [2.75, 3.05) is 13.2 Å². The van der Waals surface area contributed by atoms with Gasteiger partial charge in [-0.05, 0) is 44.9 Å². The maximum Gasteiger partial charge on any atom is 0.306 e. The second kappa shape index (κ2) is 57.7. The maximum atomic E-state index is 12.8. The number of esters is 3. The summed E-state index contributed by atoms with van der Waals surface area (Å²) in [7, 11) is 0. The number of carbonyl (C=O) groups is 3. The number of carbonyl (C=O) groups excluding carboxylic acids is 3. The van der Waals surface area contributed by atoms with E-state index in [4.69, 9.17) is 14.2 Å². The van der Waals surface area contributed by atoms with Gasteiger partial charge in [-0.15, -0.1) is 0 Å². The van der Waals surface area contributed by atoms with Crippen molar-refractivity contribution in [3.8, 4) is 0 Å². The van der Waals surface area contributed by atoms with Crippen molar-refractivity contribution >= 4 is 17.9 Å². The summed E-state index contributed by atoms with van der Waals surface area (Å²) in [6.07, 6.45) is 66.5. The van der Waals surface area contributed by atoms with Crippen LogP contribution < -0.4 is 0 Å². The number of rotatable bonds is 57. The number of allylic oxidation sites excluding steroid dienone is 2. The van der Waals surface area contributed by atoms with Gasteiger partial charge < -0.3 is 14.2 Å². The van der Waals surface area contributed by atoms with E-state index >= 15 is 0 Å². The standard InChI is InChI=1S/C62H118O6/c1-4-7-10-13-16-19-22-24-26-28-29-30-31-32-33-34-35-37-38-40-43-46-49-52-55-61(64)67-58-59(57-66-60(63)54-51-48-45-42-21-18-15-12-9-6-3)68-62(65)56-53-50-47-44-41-39-36-27-25-23-20-17-14-11-8-5-2/h27,36,59H,4-26,28-35,37-58H2,1-3H3/b36-27-. The molecule has 0 radical (unpaired) electrons. The van der Waals surface area contributed by atoms with Crippen LogP contribution in [-0.2, 0) is 28.6 Å². The third kappa shape index (κ3) is 55.1. The average molecular weight is 960 g/mol. The first kappa shape index (κ1) is 66.2. The average Bonchev–Trinajstić information content (AvgIpc) is 3.34. The molecule has 0 bridgehead atoms. The summed E-state index contributed by atoms with van der Waals surface area (Å²) >= 11 is 0. The molecular formula is C62H118O6. The van der Waals surface area contributed by atoms with Crippen molar-refractivity contribution in [1.29, 1.82) is 0 Å². The van der Waals surface area contributed by atoms with Gasteiger partial charge in [0.2, 0.25) is 0 Å². The Morgan fingerprint density at radius 2 is 0.485 bits per heavy atom. The number of unbranched alkanes of at least 4 members (excludes halogenated alkanes) is 44. The summed E-state index contributed by atoms with van der Waals surface area (Å²) in [6.45, 7) is 6.68. The Kier molecular flexibility index (Phi) is 56.2. The Morgan fingerprint density at radius 3 is 0.735 bits per heavy atom. The molecule has 0 aromatic heterocycles. The van der Waals surface area contributed by atoms with Gasteiger partial charge in [0.25, 0.3) is 0 Å². The van der Waals surface area contributed by atoms with Crippen LogP contribution in [0.25, 0.3) is 0 Å². The largest absolute Gasteiger partial charge is 0.462 e. The highest BCUT2D eigenvalue weighted by molar-refractivity contribution is 5.71. The molecule has 0 aliphatic heterocycles. The number of hydrogen-bond acceptors (Lipinski definition) is 6. The first-order valence-electron chi connectivity index (χ1n) is 30.7. The van der Waals surface area contributed by atoms with Crippen molar-refractivity contribution in [3.05, 3.63) is 12.2 Å². The highest BCUT2D eigenvalue weighted by Gasteiger charge is 2.19. The highest BCUT2D eigenvalue weighted by atomic mass is 16.6. The molecule has 1 atom stereocenters. The predicted octanol–water partition coefficient (Wildman–Crippen LogP) is 20.5. The van der Waals surface area contributed by atoms with Crippen LogP contribution in [0.5, 0.6) is 0 Å². The van der Waals surface area contributed by atoms with Crippen LogP contribution in [0.15, 0.2) is 12.2 Å². The zero-order valence-corrected chi connectivity index (χ0v) is 46.2. The van der Waals surface area contributed by atoms with E-state index in [1.807, 2.05) is 0 Å². The van der Waals surface area contributed by atoms with Gasteiger partial charge in [-0.1, -0.05) is 296 Å². The van der Waals surface area contributed by atoms with Crippen LogP contribution in [0.3, 0.4) is 0 Å². The Hall–Kier alpha value is -1.85. The highest BCUT2D eigenvalue weighted by Crippen LogP contribution is 2.18. The summed E-state index contributed by atoms with van der Waals surface area (Å²) < 4.78 is 16.9. The zero-order chi connectivity index (χ0) is 49.3. The van der Waals surface area contributed by atoms with E-state index in [1.54, 1.807) is 0 Å². The quantitative estimate of drug-likeness (QED) is 0.0262. The number of ether oxygens (including phenoxy) is 3. The fraction of sp³-hybridized carbons (Fsp3) is 0.919. The lowest BCUT2D eigenvalue weighted by molar-refractivity contribution is -0.167. The third-order valence-electron chi connectivity index (χ3n) is 14.0. The zero-order valence-electron chi connectivity index (χ0n) is 46.2. The van der Waals surface area contributed by atoms with Gasteiger partial charge in [0.15, 0.2) is 6.10 Å². The molecular weight excluding hydrogens is 841 g/mol. The molecule has 68 heavy (non-hydrogen) atoms. The molecule has 0 rings (SSSR count). The minimum Gasteiger partial charge on any atom is -0.462 e. The Labute approximate surface area is 424 Å². The minimum absolute atomic E-state index is 0.0675. The molecule has 6 heteroatoms. The molecule has 0 aromatic rings. The molecule has 0 saturated carbocycles. The van der Waals surface area contributed by atoms with Crippen molar-refractivity contribution in [2.24, 2.45) is 0 Å². The molecule has 0 aliphatic carbocycles. The first-order valence-corrected chi connectivity index (χ1v) is 30.7. The molecule has 0 saturated heterocycles. The Morgan fingerprint density at radius 1 is 0.279 bits per heavy atom. The van der Waals surface area contributed by atoms with Crippen molar-refractivity contribution in [3.63, 3.8) is 0 Å². The third-order valence-corrected chi connectivity index (χ3v) is 14.0. The van der Waals surface area contributed by atoms with Crippen LogP contribution in [-0.4, -0.2) is 37.2 Å². The van der Waals surface area contributed by atoms with Gasteiger partial charge in [-0.2, -0.15) is 0 Å². The van der Waals surface area contributed by atoms with Gasteiger partial charge in [-0.3, -0.25) is 14.4 Å². The summed E-state index contributed by atoms with van der Waals surface area (Å²) in [5.41, 5.74) is 0. The SMILES string of the molecule is CCCCCCCCC/C=C\CCCCCCCC(=O)OC(COC(=O)CCCCCCCCCCCC)COC(=O)CCCCCCCCCCCCCCCCCCCCCCCCCC. The van der Waals surface area contributed by atoms with Crippen molar-refractivity contribution in [1.82, 2.24) is 0 Å². The summed E-state index contributed by atoms with van der Waals surface area (Å²) in [6, 6.07) is 0. The fourth-order valence-corrected chi connectivity index (χ4v) is 9.38. The first-order chi connectivity index (χ1) is 33.5. The molecule has 6 nitrogen and oxygen atoms in total. The lowest BCUT2D eigenvalue weighted by atomic mass is 10.0. The summed E-state index contributed by atoms with van der Waals surface area (Å²) in [5.74, 6) is -0.853. The smallest absolute Gasteiger partial charge is 0.306 e. The molecule has 0 spiro atoms. The molecule has 402 valence electrons. The van der Waals surface area contributed by atoms with E-state index in [0.717, 1.165) is 64.2 Å². The van der Waals surface area contributed by atoms with E-state index in [9.17, 15) is 14.4 Å². The maximum absolute atomic E-state index is 12.8. The normalized spacial score (nSPS) is 12.0. The molecule has 0 heterocycles. The molecule has 0 N–H and O–H groups in total. The van der Waals surface area contributed by atoms with Gasteiger partial charge in [0.1, 0.15) is 13.2 Å². The fourth-order valence-electron chi connectivity index (χ4n) is 9.38. The lowest BCUT2D eigenvalue weighted by Gasteiger charge is -2.18. The van der Waals surface area contributed by atoms with E-state index in [1.165, 1.54) is 244 Å². The van der Waals surface area contributed by atoms with Crippen LogP contribution >= 0.6 is 0 Å². The monoisotopic (exact) mass is 959 g/mol. The van der Waals surface area contributed by atoms with Crippen LogP contribution in [0.1, 0.15) is 348 Å². The molecule has 0 fully saturated rings. The lowest BCUT2D eigenvalue weighted by Crippen LogP contribution is -2.30. The summed E-state index contributed by atoms with van der Waals surface area (Å²) in [4.78, 5) is 38.1. The van der Waals surface area contributed by atoms with Gasteiger partial charge in [0.05, 0.1) is 0 Å². The van der Waals surface area contributed by atoms with Crippen molar-refractivity contribution < 1.29 is 28.6 Å². The minimum atomic E-state index is -0.768. The van der Waals surface area contributed by atoms with E-state index in [0.29, 0.717) is 19.3 Å². The Balaban J connectivity index is 4.17. The Bertz CT molecular complexity index is 1060. The van der Waals surface area contributed by atoms with E-state index in [2.05, 4.69) is 32.9 Å². The molecule has 0 amide bonds. The predicted molar refractivity (Wildman–Crippen MR) is 293 cm³/mol. The second-order valence-corrected chi connectivity index (χ2v) is 21.0. The topological polar surface area (TPSA) is 78.9 Å². The van der Waals surface area contributed by atoms with Gasteiger partial charge >= 0.3 is 17.9 Å². The van der Waals surface area contributed by atoms with Gasteiger partial charge in [-0.25, -0.2) is 0 Å². The molecule has 0 aromatic carbocycles. The second-order valence-electron chi connectivity index (χ2n) is 21.0. The van der Waals surface area contributed by atoms with E-state index < -0.39 is 6.10 Å². The van der Waals surface area contributed by atoms with Crippen LogP contribution in [0.2, 0.25) is 0 Å². The molecule has 1 unspecified atom stereocenters. The summed E-state index contributed by atoms with van der Waals surface area (Å²) in [5, 5.41) is 0.